The number of methoxy groups -OCH3 is 2. The quantitative estimate of drug-likeness (QED) is 0.282. The molecule has 0 unspecified atom stereocenters. The molecule has 3 aromatic carbocycles. The zero-order chi connectivity index (χ0) is 25.4. The maximum absolute atomic E-state index is 14.7. The van der Waals surface area contributed by atoms with Gasteiger partial charge in [-0.1, -0.05) is 35.4 Å². The highest BCUT2D eigenvalue weighted by atomic mass is 35.5. The minimum absolute atomic E-state index is 0.116. The van der Waals surface area contributed by atoms with E-state index in [-0.39, 0.29) is 12.1 Å². The van der Waals surface area contributed by atoms with Crippen LogP contribution in [0.1, 0.15) is 16.7 Å². The summed E-state index contributed by atoms with van der Waals surface area (Å²) in [5.41, 5.74) is 4.00. The number of benzene rings is 3. The molecule has 5 rings (SSSR count). The van der Waals surface area contributed by atoms with Gasteiger partial charge in [0.2, 0.25) is 0 Å². The van der Waals surface area contributed by atoms with Crippen molar-refractivity contribution in [1.82, 2.24) is 14.1 Å². The van der Waals surface area contributed by atoms with E-state index in [1.807, 2.05) is 47.9 Å². The van der Waals surface area contributed by atoms with Gasteiger partial charge < -0.3 is 14.0 Å². The number of hydrogen-bond acceptors (Lipinski definition) is 4. The lowest BCUT2D eigenvalue weighted by atomic mass is 10.1. The Morgan fingerprint density at radius 2 is 1.83 bits per heavy atom. The SMILES string of the molecule is COc1ccc(CCn2cnc3c4cc(C)ccc4n(Cc4c(F)cccc4Cl)c3c2=O)cc1OC. The van der Waals surface area contributed by atoms with Crippen LogP contribution in [0.5, 0.6) is 11.5 Å². The monoisotopic (exact) mass is 505 g/mol. The molecule has 0 N–H and O–H groups in total. The number of aromatic nitrogens is 3. The minimum Gasteiger partial charge on any atom is -0.493 e. The van der Waals surface area contributed by atoms with Crippen molar-refractivity contribution in [3.63, 3.8) is 0 Å². The largest absolute Gasteiger partial charge is 0.493 e. The lowest BCUT2D eigenvalue weighted by molar-refractivity contribution is 0.354. The molecule has 0 aliphatic carbocycles. The Morgan fingerprint density at radius 1 is 1.03 bits per heavy atom. The first-order chi connectivity index (χ1) is 17.4. The van der Waals surface area contributed by atoms with E-state index in [4.69, 9.17) is 21.1 Å². The van der Waals surface area contributed by atoms with Crippen molar-refractivity contribution < 1.29 is 13.9 Å². The molecule has 0 fully saturated rings. The van der Waals surface area contributed by atoms with Crippen LogP contribution in [0.3, 0.4) is 0 Å². The van der Waals surface area contributed by atoms with E-state index in [1.165, 1.54) is 6.07 Å². The van der Waals surface area contributed by atoms with Gasteiger partial charge in [0.25, 0.3) is 5.56 Å². The number of halogens is 2. The van der Waals surface area contributed by atoms with Crippen LogP contribution in [0.4, 0.5) is 4.39 Å². The Hall–Kier alpha value is -3.84. The second kappa shape index (κ2) is 9.66. The average molecular weight is 506 g/mol. The maximum Gasteiger partial charge on any atom is 0.277 e. The molecular weight excluding hydrogens is 481 g/mol. The van der Waals surface area contributed by atoms with Crippen LogP contribution in [0.15, 0.2) is 65.7 Å². The summed E-state index contributed by atoms with van der Waals surface area (Å²) in [4.78, 5) is 18.4. The van der Waals surface area contributed by atoms with E-state index >= 15 is 0 Å². The van der Waals surface area contributed by atoms with Crippen molar-refractivity contribution in [3.05, 3.63) is 98.8 Å². The number of aryl methyl sites for hydroxylation is 3. The molecule has 0 bridgehead atoms. The molecule has 5 aromatic rings. The maximum atomic E-state index is 14.7. The fourth-order valence-corrected chi connectivity index (χ4v) is 4.79. The first-order valence-corrected chi connectivity index (χ1v) is 11.9. The zero-order valence-electron chi connectivity index (χ0n) is 20.2. The average Bonchev–Trinajstić information content (AvgIpc) is 3.18. The fourth-order valence-electron chi connectivity index (χ4n) is 4.56. The van der Waals surface area contributed by atoms with Gasteiger partial charge in [-0.15, -0.1) is 0 Å². The highest BCUT2D eigenvalue weighted by Gasteiger charge is 2.19. The number of ether oxygens (including phenoxy) is 2. The molecule has 2 aromatic heterocycles. The first-order valence-electron chi connectivity index (χ1n) is 11.5. The normalized spacial score (nSPS) is 11.4. The summed E-state index contributed by atoms with van der Waals surface area (Å²) in [6, 6.07) is 16.2. The molecule has 36 heavy (non-hydrogen) atoms. The number of hydrogen-bond donors (Lipinski definition) is 0. The summed E-state index contributed by atoms with van der Waals surface area (Å²) < 4.78 is 28.8. The lowest BCUT2D eigenvalue weighted by Crippen LogP contribution is -2.23. The minimum atomic E-state index is -0.415. The summed E-state index contributed by atoms with van der Waals surface area (Å²) in [5.74, 6) is 0.864. The van der Waals surface area contributed by atoms with Crippen LogP contribution in [0, 0.1) is 12.7 Å². The van der Waals surface area contributed by atoms with Gasteiger partial charge >= 0.3 is 0 Å². The summed E-state index contributed by atoms with van der Waals surface area (Å²) in [6.07, 6.45) is 2.17. The van der Waals surface area contributed by atoms with E-state index in [9.17, 15) is 9.18 Å². The van der Waals surface area contributed by atoms with Crippen molar-refractivity contribution >= 4 is 33.5 Å². The van der Waals surface area contributed by atoms with Crippen LogP contribution < -0.4 is 15.0 Å². The van der Waals surface area contributed by atoms with Crippen LogP contribution in [-0.2, 0) is 19.5 Å². The van der Waals surface area contributed by atoms with Gasteiger partial charge in [-0.25, -0.2) is 9.37 Å². The third-order valence-electron chi connectivity index (χ3n) is 6.45. The third-order valence-corrected chi connectivity index (χ3v) is 6.80. The Balaban J connectivity index is 1.60. The van der Waals surface area contributed by atoms with Crippen molar-refractivity contribution in [2.75, 3.05) is 14.2 Å². The number of rotatable bonds is 7. The van der Waals surface area contributed by atoms with E-state index in [0.29, 0.717) is 46.1 Å². The molecule has 8 heteroatoms. The summed E-state index contributed by atoms with van der Waals surface area (Å²) in [7, 11) is 3.18. The Morgan fingerprint density at radius 3 is 2.58 bits per heavy atom. The summed E-state index contributed by atoms with van der Waals surface area (Å²) in [5, 5.41) is 1.16. The summed E-state index contributed by atoms with van der Waals surface area (Å²) >= 11 is 6.34. The molecule has 184 valence electrons. The molecule has 0 atom stereocenters. The Kier molecular flexibility index (Phi) is 6.41. The van der Waals surface area contributed by atoms with Crippen molar-refractivity contribution in [2.45, 2.75) is 26.4 Å². The first kappa shape index (κ1) is 23.9. The van der Waals surface area contributed by atoms with Gasteiger partial charge in [-0.05, 0) is 55.3 Å². The fraction of sp³-hybridized carbons (Fsp3) is 0.214. The molecule has 2 heterocycles. The van der Waals surface area contributed by atoms with Gasteiger partial charge in [0, 0.05) is 22.5 Å². The third kappa shape index (κ3) is 4.20. The Bertz CT molecular complexity index is 1640. The molecule has 0 saturated heterocycles. The van der Waals surface area contributed by atoms with Crippen LogP contribution in [0.2, 0.25) is 5.02 Å². The van der Waals surface area contributed by atoms with E-state index < -0.39 is 5.82 Å². The van der Waals surface area contributed by atoms with E-state index in [1.54, 1.807) is 37.2 Å². The Labute approximate surface area is 212 Å². The van der Waals surface area contributed by atoms with Crippen molar-refractivity contribution in [2.24, 2.45) is 0 Å². The number of fused-ring (bicyclic) bond motifs is 3. The standard InChI is InChI=1S/C28H25ClFN3O3/c1-17-7-9-23-19(13-17)26-27(33(23)15-20-21(29)5-4-6-22(20)30)28(34)32(16-31-26)12-11-18-8-10-24(35-2)25(14-18)36-3/h4-10,13-14,16H,11-12,15H2,1-3H3. The lowest BCUT2D eigenvalue weighted by Gasteiger charge is -2.12. The van der Waals surface area contributed by atoms with Crippen LogP contribution in [0.25, 0.3) is 21.9 Å². The predicted octanol–water partition coefficient (Wildman–Crippen LogP) is 5.76. The molecule has 0 saturated carbocycles. The highest BCUT2D eigenvalue weighted by molar-refractivity contribution is 6.31. The molecule has 0 amide bonds. The van der Waals surface area contributed by atoms with Gasteiger partial charge in [-0.2, -0.15) is 0 Å². The smallest absolute Gasteiger partial charge is 0.277 e. The molecule has 6 nitrogen and oxygen atoms in total. The summed E-state index contributed by atoms with van der Waals surface area (Å²) in [6.45, 7) is 2.52. The molecule has 0 radical (unpaired) electrons. The molecular formula is C28H25ClFN3O3. The second-order valence-electron chi connectivity index (χ2n) is 8.69. The van der Waals surface area contributed by atoms with E-state index in [2.05, 4.69) is 4.98 Å². The molecule has 0 aliphatic heterocycles. The van der Waals surface area contributed by atoms with Crippen molar-refractivity contribution in [3.8, 4) is 11.5 Å². The molecule has 0 spiro atoms. The van der Waals surface area contributed by atoms with Gasteiger partial charge in [0.05, 0.1) is 32.6 Å². The van der Waals surface area contributed by atoms with E-state index in [0.717, 1.165) is 22.0 Å². The number of nitrogens with zero attached hydrogens (tertiary/aromatic N) is 3. The van der Waals surface area contributed by atoms with Crippen LogP contribution in [-0.4, -0.2) is 28.3 Å². The van der Waals surface area contributed by atoms with Gasteiger partial charge in [-0.3, -0.25) is 9.36 Å². The topological polar surface area (TPSA) is 58.3 Å². The zero-order valence-corrected chi connectivity index (χ0v) is 21.0. The molecule has 0 aliphatic rings. The highest BCUT2D eigenvalue weighted by Crippen LogP contribution is 2.30. The predicted molar refractivity (Wildman–Crippen MR) is 140 cm³/mol. The van der Waals surface area contributed by atoms with Crippen molar-refractivity contribution in [1.29, 1.82) is 0 Å². The van der Waals surface area contributed by atoms with Gasteiger partial charge in [0.1, 0.15) is 16.9 Å². The second-order valence-corrected chi connectivity index (χ2v) is 9.09. The van der Waals surface area contributed by atoms with Crippen LogP contribution >= 0.6 is 11.6 Å². The van der Waals surface area contributed by atoms with Gasteiger partial charge in [0.15, 0.2) is 11.5 Å².